The molecule has 9 nitrogen and oxygen atoms in total. The van der Waals surface area contributed by atoms with Gasteiger partial charge >= 0.3 is 0 Å². The number of aromatic hydroxyl groups is 1. The lowest BCUT2D eigenvalue weighted by Crippen LogP contribution is -2.46. The second-order valence-electron chi connectivity index (χ2n) is 16.8. The molecule has 0 spiro atoms. The summed E-state index contributed by atoms with van der Waals surface area (Å²) >= 11 is 3.17. The second kappa shape index (κ2) is 20.5. The third-order valence-corrected chi connectivity index (χ3v) is 15.2. The number of benzene rings is 6. The Labute approximate surface area is 399 Å². The van der Waals surface area contributed by atoms with Crippen molar-refractivity contribution in [3.8, 4) is 55.4 Å². The lowest BCUT2D eigenvalue weighted by molar-refractivity contribution is 0.0485. The van der Waals surface area contributed by atoms with E-state index in [9.17, 15) is 14.7 Å². The van der Waals surface area contributed by atoms with E-state index in [0.29, 0.717) is 22.7 Å². The number of phenolic OH excluding ortho intramolecular Hbond substituents is 1. The van der Waals surface area contributed by atoms with Crippen LogP contribution >= 0.6 is 22.7 Å². The quantitative estimate of drug-likeness (QED) is 0.113. The Balaban J connectivity index is 0.000000177. The molecule has 2 fully saturated rings. The van der Waals surface area contributed by atoms with Crippen molar-refractivity contribution < 1.29 is 38.4 Å². The minimum atomic E-state index is -0.0813. The molecule has 1 saturated heterocycles. The van der Waals surface area contributed by atoms with E-state index in [1.807, 2.05) is 109 Å². The Morgan fingerprint density at radius 2 is 0.925 bits per heavy atom. The van der Waals surface area contributed by atoms with Gasteiger partial charge in [-0.05, 0) is 190 Å². The Bertz CT molecular complexity index is 2990. The predicted octanol–water partition coefficient (Wildman–Crippen LogP) is 13.1. The third kappa shape index (κ3) is 9.77. The Morgan fingerprint density at radius 3 is 1.39 bits per heavy atom. The van der Waals surface area contributed by atoms with Crippen LogP contribution in [0.5, 0.6) is 34.5 Å². The van der Waals surface area contributed by atoms with E-state index >= 15 is 0 Å². The first-order valence-electron chi connectivity index (χ1n) is 22.6. The number of methoxy groups -OCH3 is 4. The van der Waals surface area contributed by atoms with Gasteiger partial charge in [-0.3, -0.25) is 14.5 Å². The first-order chi connectivity index (χ1) is 32.7. The highest BCUT2D eigenvalue weighted by Crippen LogP contribution is 2.43. The maximum Gasteiger partial charge on any atom is 0.195 e. The summed E-state index contributed by atoms with van der Waals surface area (Å²) in [5, 5.41) is 11.4. The number of hydrogen-bond acceptors (Lipinski definition) is 11. The van der Waals surface area contributed by atoms with Crippen molar-refractivity contribution in [2.75, 3.05) is 41.5 Å². The molecule has 11 heteroatoms. The molecule has 0 amide bonds. The summed E-state index contributed by atoms with van der Waals surface area (Å²) in [5.41, 5.74) is 4.50. The first kappa shape index (κ1) is 45.5. The predicted molar refractivity (Wildman–Crippen MR) is 270 cm³/mol. The number of nitrogens with zero attached hydrogens (tertiary/aromatic N) is 1. The largest absolute Gasteiger partial charge is 0.508 e. The van der Waals surface area contributed by atoms with Crippen LogP contribution in [0.2, 0.25) is 0 Å². The molecular formula is C56H53NO8S2. The third-order valence-electron chi connectivity index (χ3n) is 12.8. The topological polar surface area (TPSA) is 104 Å². The first-order valence-corrected chi connectivity index (χ1v) is 24.3. The summed E-state index contributed by atoms with van der Waals surface area (Å²) in [7, 11) is 6.57. The Morgan fingerprint density at radius 1 is 0.507 bits per heavy atom. The van der Waals surface area contributed by atoms with E-state index in [1.165, 1.54) is 57.3 Å². The van der Waals surface area contributed by atoms with Gasteiger partial charge in [-0.25, -0.2) is 0 Å². The number of carbonyl (C=O) groups is 2. The van der Waals surface area contributed by atoms with Crippen molar-refractivity contribution >= 4 is 54.4 Å². The van der Waals surface area contributed by atoms with Crippen molar-refractivity contribution in [1.82, 2.24) is 4.90 Å². The van der Waals surface area contributed by atoms with Gasteiger partial charge in [0.2, 0.25) is 0 Å². The van der Waals surface area contributed by atoms with Gasteiger partial charge in [0.1, 0.15) is 40.6 Å². The molecule has 342 valence electrons. The highest BCUT2D eigenvalue weighted by Gasteiger charge is 2.33. The molecular weight excluding hydrogens is 879 g/mol. The molecule has 67 heavy (non-hydrogen) atoms. The number of hydrogen-bond donors (Lipinski definition) is 1. The van der Waals surface area contributed by atoms with E-state index in [0.717, 1.165) is 81.8 Å². The van der Waals surface area contributed by atoms with Crippen LogP contribution in [0.3, 0.4) is 0 Å². The highest BCUT2D eigenvalue weighted by atomic mass is 32.1. The molecule has 6 aromatic carbocycles. The maximum absolute atomic E-state index is 14.0. The molecule has 2 aromatic heterocycles. The number of fused-ring (bicyclic) bond motifs is 2. The number of phenols is 1. The van der Waals surface area contributed by atoms with Crippen LogP contribution in [0.4, 0.5) is 0 Å². The highest BCUT2D eigenvalue weighted by molar-refractivity contribution is 7.23. The summed E-state index contributed by atoms with van der Waals surface area (Å²) in [4.78, 5) is 31.9. The maximum atomic E-state index is 14.0. The number of ether oxygens (including phenoxy) is 5. The number of carbonyl (C=O) groups excluding carboxylic acids is 2. The van der Waals surface area contributed by atoms with Crippen molar-refractivity contribution in [3.05, 3.63) is 156 Å². The Hall–Kier alpha value is -6.66. The van der Waals surface area contributed by atoms with E-state index in [1.54, 1.807) is 63.2 Å². The standard InChI is InChI=1S/C33H35NO4S.C23H18O4S/c1-36-24-13-11-23(12-14-24)33-31(27-18-17-26(37-2)21-30(27)39-33)32(35)22-9-15-25(16-10-22)38-29-8-4-3-7-28(29)34-19-5-6-20-34;1-26-17-9-5-15(6-10-17)23-21(22(25)14-3-7-16(24)8-4-14)19-12-11-18(27-2)13-20(19)28-23/h9-18,21,28-29H,3-8,19-20H2,1-2H3;3-13,24H,1-2H3. The molecule has 1 N–H and O–H groups in total. The fourth-order valence-corrected chi connectivity index (χ4v) is 11.7. The summed E-state index contributed by atoms with van der Waals surface area (Å²) < 4.78 is 29.9. The molecule has 0 bridgehead atoms. The average Bonchev–Trinajstić information content (AvgIpc) is 4.15. The van der Waals surface area contributed by atoms with Crippen molar-refractivity contribution in [1.29, 1.82) is 0 Å². The number of thiophene rings is 2. The lowest BCUT2D eigenvalue weighted by atomic mass is 9.91. The monoisotopic (exact) mass is 931 g/mol. The van der Waals surface area contributed by atoms with Crippen LogP contribution < -0.4 is 23.7 Å². The number of likely N-dealkylation sites (tertiary alicyclic amines) is 1. The molecule has 10 rings (SSSR count). The van der Waals surface area contributed by atoms with Crippen LogP contribution in [0.15, 0.2) is 133 Å². The van der Waals surface area contributed by atoms with Gasteiger partial charge in [0.25, 0.3) is 0 Å². The van der Waals surface area contributed by atoms with Crippen LogP contribution in [-0.4, -0.2) is 75.2 Å². The van der Waals surface area contributed by atoms with E-state index in [-0.39, 0.29) is 23.4 Å². The van der Waals surface area contributed by atoms with Crippen LogP contribution in [0.25, 0.3) is 41.1 Å². The van der Waals surface area contributed by atoms with Gasteiger partial charge in [-0.2, -0.15) is 0 Å². The number of rotatable bonds is 13. The summed E-state index contributed by atoms with van der Waals surface area (Å²) in [6.07, 6.45) is 7.62. The zero-order valence-electron chi connectivity index (χ0n) is 38.1. The molecule has 2 atom stereocenters. The van der Waals surface area contributed by atoms with Crippen LogP contribution in [0, 0.1) is 0 Å². The van der Waals surface area contributed by atoms with Gasteiger partial charge in [0.05, 0.1) is 28.4 Å². The van der Waals surface area contributed by atoms with Crippen LogP contribution in [-0.2, 0) is 0 Å². The van der Waals surface area contributed by atoms with E-state index in [2.05, 4.69) is 4.90 Å². The van der Waals surface area contributed by atoms with Gasteiger partial charge in [-0.15, -0.1) is 22.7 Å². The second-order valence-corrected chi connectivity index (χ2v) is 18.9. The van der Waals surface area contributed by atoms with Crippen molar-refractivity contribution in [2.24, 2.45) is 0 Å². The van der Waals surface area contributed by atoms with Gasteiger partial charge in [0, 0.05) is 58.2 Å². The van der Waals surface area contributed by atoms with E-state index < -0.39 is 0 Å². The lowest BCUT2D eigenvalue weighted by Gasteiger charge is -2.37. The minimum Gasteiger partial charge on any atom is -0.508 e. The fraction of sp³-hybridized carbons (Fsp3) is 0.250. The molecule has 2 unspecified atom stereocenters. The molecule has 1 aliphatic heterocycles. The van der Waals surface area contributed by atoms with Crippen molar-refractivity contribution in [2.45, 2.75) is 50.7 Å². The SMILES string of the molecule is COc1ccc(-c2sc3cc(OC)ccc3c2C(=O)c2ccc(O)cc2)cc1.COc1ccc(-c2sc3cc(OC)ccc3c2C(=O)c2ccc(OC3CCCCC3N3CCCC3)cc2)cc1. The van der Waals surface area contributed by atoms with E-state index in [4.69, 9.17) is 23.7 Å². The van der Waals surface area contributed by atoms with Gasteiger partial charge in [0.15, 0.2) is 11.6 Å². The zero-order valence-corrected chi connectivity index (χ0v) is 39.7. The van der Waals surface area contributed by atoms with Gasteiger partial charge in [-0.1, -0.05) is 6.42 Å². The fourth-order valence-electron chi connectivity index (χ4n) is 9.22. The minimum absolute atomic E-state index is 0.0106. The Kier molecular flexibility index (Phi) is 13.9. The summed E-state index contributed by atoms with van der Waals surface area (Å²) in [6.45, 7) is 2.38. The smallest absolute Gasteiger partial charge is 0.195 e. The zero-order chi connectivity index (χ0) is 46.4. The summed E-state index contributed by atoms with van der Waals surface area (Å²) in [5.74, 6) is 3.98. The molecule has 2 aliphatic rings. The average molecular weight is 932 g/mol. The summed E-state index contributed by atoms with van der Waals surface area (Å²) in [6, 6.07) is 41.8. The normalized spacial score (nSPS) is 16.0. The van der Waals surface area contributed by atoms with Crippen LogP contribution in [0.1, 0.15) is 70.4 Å². The number of ketones is 2. The molecule has 0 radical (unpaired) electrons. The molecule has 8 aromatic rings. The van der Waals surface area contributed by atoms with Crippen molar-refractivity contribution in [3.63, 3.8) is 0 Å². The molecule has 1 aliphatic carbocycles. The molecule has 1 saturated carbocycles. The van der Waals surface area contributed by atoms with Gasteiger partial charge < -0.3 is 28.8 Å². The molecule has 3 heterocycles.